The lowest BCUT2D eigenvalue weighted by atomic mass is 9.92. The number of ether oxygens (including phenoxy) is 6. The van der Waals surface area contributed by atoms with Crippen molar-refractivity contribution in [2.75, 3.05) is 52.9 Å². The Morgan fingerprint density at radius 2 is 1.03 bits per heavy atom. The van der Waals surface area contributed by atoms with Crippen molar-refractivity contribution in [3.05, 3.63) is 80.5 Å². The highest BCUT2D eigenvalue weighted by molar-refractivity contribution is 7.99. The molecule has 4 saturated heterocycles. The lowest BCUT2D eigenvalue weighted by Gasteiger charge is -2.45. The summed E-state index contributed by atoms with van der Waals surface area (Å²) in [6.45, 7) is 8.02. The molecule has 86 heavy (non-hydrogen) atoms. The predicted molar refractivity (Wildman–Crippen MR) is 322 cm³/mol. The van der Waals surface area contributed by atoms with Crippen molar-refractivity contribution in [2.24, 2.45) is 11.8 Å². The average Bonchev–Trinajstić information content (AvgIpc) is 2.32. The number of benzene rings is 2. The summed E-state index contributed by atoms with van der Waals surface area (Å²) in [5.74, 6) is -3.54. The van der Waals surface area contributed by atoms with Gasteiger partial charge in [0.15, 0.2) is 23.1 Å². The third kappa shape index (κ3) is 15.1. The van der Waals surface area contributed by atoms with Crippen LogP contribution in [0.4, 0.5) is 0 Å². The highest BCUT2D eigenvalue weighted by Crippen LogP contribution is 2.36. The van der Waals surface area contributed by atoms with Crippen LogP contribution in [0.1, 0.15) is 87.3 Å². The number of carbonyl (C=O) groups is 4. The molecule has 474 valence electrons. The van der Waals surface area contributed by atoms with E-state index >= 15 is 0 Å². The van der Waals surface area contributed by atoms with Gasteiger partial charge in [-0.2, -0.15) is 0 Å². The minimum absolute atomic E-state index is 0.0393. The molecule has 7 N–H and O–H groups in total. The molecule has 4 aliphatic rings. The first-order valence-electron chi connectivity index (χ1n) is 28.9. The maximum absolute atomic E-state index is 13.8. The molecule has 23 nitrogen and oxygen atoms in total. The molecule has 0 saturated carbocycles. The van der Waals surface area contributed by atoms with Crippen molar-refractivity contribution < 1.29 is 82.0 Å². The number of halogens is 2. The van der Waals surface area contributed by atoms with Gasteiger partial charge in [0.05, 0.1) is 34.9 Å². The summed E-state index contributed by atoms with van der Waals surface area (Å²) in [6.07, 6.45) is -5.14. The molecule has 8 rings (SSSR count). The van der Waals surface area contributed by atoms with Crippen LogP contribution in [0.5, 0.6) is 11.5 Å². The van der Waals surface area contributed by atoms with E-state index in [2.05, 4.69) is 24.5 Å². The Balaban J connectivity index is 0.893. The molecule has 2 aromatic carbocycles. The fourth-order valence-corrected chi connectivity index (χ4v) is 13.8. The molecule has 0 aliphatic carbocycles. The first-order valence-corrected chi connectivity index (χ1v) is 32.3. The first kappa shape index (κ1) is 67.2. The summed E-state index contributed by atoms with van der Waals surface area (Å²) >= 11 is 15.4. The standard InChI is InChI=1S/C59H78Cl2N4O19S2/c1-9-13-29-19-32(64(5)23-29)54(73)62-44(27(3)60)50-46(69)52(48(71)58(83-50)85-7)81-56(75)40-21-34(67)42-36(15-11-17-38(42)79-40)77-25-31(66)26-78-37-16-12-18-39-43(37)35(68)22-41(80-39)57(76)82-53-47(70)51(84-59(86-8)49(53)72)45(28(4)61)63-55(74)33-20-30(14-10-2)24-65(33)6/h11-12,15-18,21-22,27-33,44-53,58-59,66,69-72H,9-10,13-14,19-20,23-26H2,1-8H3,(H,62,73)(H,63,74). The molecule has 0 bridgehead atoms. The summed E-state index contributed by atoms with van der Waals surface area (Å²) in [4.78, 5) is 86.2. The van der Waals surface area contributed by atoms with Gasteiger partial charge >= 0.3 is 11.9 Å². The number of alkyl halides is 2. The van der Waals surface area contributed by atoms with Gasteiger partial charge in [0.25, 0.3) is 0 Å². The summed E-state index contributed by atoms with van der Waals surface area (Å²) in [5.41, 5.74) is -3.78. The van der Waals surface area contributed by atoms with Gasteiger partial charge in [0.1, 0.15) is 100 Å². The molecule has 4 aliphatic heterocycles. The van der Waals surface area contributed by atoms with Crippen LogP contribution in [0.25, 0.3) is 21.9 Å². The number of aliphatic hydroxyl groups is 5. The highest BCUT2D eigenvalue weighted by Gasteiger charge is 2.53. The van der Waals surface area contributed by atoms with Crippen LogP contribution >= 0.6 is 46.7 Å². The maximum Gasteiger partial charge on any atom is 0.374 e. The Hall–Kier alpha value is -4.74. The van der Waals surface area contributed by atoms with Gasteiger partial charge in [-0.3, -0.25) is 29.0 Å². The van der Waals surface area contributed by atoms with E-state index in [-0.39, 0.29) is 45.3 Å². The van der Waals surface area contributed by atoms with Gasteiger partial charge in [0.2, 0.25) is 23.3 Å². The molecular weight excluding hydrogens is 1200 g/mol. The average molecular weight is 1280 g/mol. The van der Waals surface area contributed by atoms with Gasteiger partial charge in [0, 0.05) is 25.2 Å². The largest absolute Gasteiger partial charge is 0.490 e. The number of hydrogen-bond donors (Lipinski definition) is 7. The Labute approximate surface area is 515 Å². The molecule has 6 heterocycles. The van der Waals surface area contributed by atoms with Crippen molar-refractivity contribution >= 4 is 92.4 Å². The van der Waals surface area contributed by atoms with Gasteiger partial charge in [-0.1, -0.05) is 38.8 Å². The number of nitrogens with zero attached hydrogens (tertiary/aromatic N) is 2. The van der Waals surface area contributed by atoms with Gasteiger partial charge in [-0.05, 0) is 102 Å². The number of nitrogens with one attached hydrogen (secondary N) is 2. The lowest BCUT2D eigenvalue weighted by molar-refractivity contribution is -0.206. The van der Waals surface area contributed by atoms with Crippen molar-refractivity contribution in [3.8, 4) is 11.5 Å². The van der Waals surface area contributed by atoms with E-state index < -0.39 is 148 Å². The quantitative estimate of drug-likeness (QED) is 0.0387. The molecule has 18 atom stereocenters. The van der Waals surface area contributed by atoms with Crippen molar-refractivity contribution in [1.29, 1.82) is 0 Å². The van der Waals surface area contributed by atoms with Gasteiger partial charge in [-0.25, -0.2) is 9.59 Å². The Bertz CT molecular complexity index is 2940. The molecule has 2 aromatic heterocycles. The summed E-state index contributed by atoms with van der Waals surface area (Å²) in [7, 11) is 3.74. The number of fused-ring (bicyclic) bond motifs is 2. The molecule has 2 amide bonds. The predicted octanol–water partition coefficient (Wildman–Crippen LogP) is 3.85. The number of esters is 2. The molecule has 4 fully saturated rings. The fourth-order valence-electron chi connectivity index (χ4n) is 12.1. The van der Waals surface area contributed by atoms with E-state index in [4.69, 9.17) is 60.5 Å². The number of likely N-dealkylation sites (N-methyl/N-ethyl adjacent to an activating group) is 2. The lowest BCUT2D eigenvalue weighted by Crippen LogP contribution is -2.65. The number of rotatable bonds is 24. The number of aliphatic hydroxyl groups excluding tert-OH is 5. The Morgan fingerprint density at radius 3 is 1.38 bits per heavy atom. The Morgan fingerprint density at radius 1 is 0.651 bits per heavy atom. The normalized spacial score (nSPS) is 29.8. The minimum Gasteiger partial charge on any atom is -0.490 e. The molecule has 4 aromatic rings. The van der Waals surface area contributed by atoms with Crippen LogP contribution in [0, 0.1) is 11.8 Å². The van der Waals surface area contributed by atoms with E-state index in [1.807, 2.05) is 23.9 Å². The van der Waals surface area contributed by atoms with Crippen molar-refractivity contribution in [1.82, 2.24) is 20.4 Å². The van der Waals surface area contributed by atoms with Crippen LogP contribution in [-0.4, -0.2) is 213 Å². The maximum atomic E-state index is 13.8. The second kappa shape index (κ2) is 29.7. The van der Waals surface area contributed by atoms with E-state index in [0.29, 0.717) is 24.7 Å². The Kier molecular flexibility index (Phi) is 23.2. The number of carbonyl (C=O) groups excluding carboxylic acids is 4. The first-order chi connectivity index (χ1) is 41.0. The third-order valence-electron chi connectivity index (χ3n) is 16.4. The summed E-state index contributed by atoms with van der Waals surface area (Å²) in [6, 6.07) is 7.46. The number of thioether (sulfide) groups is 2. The van der Waals surface area contributed by atoms with Crippen LogP contribution in [0.3, 0.4) is 0 Å². The SMILES string of the molecule is CCCC1CC(C(=O)NC(C(C)Cl)C2OC(SC)C(O)C(OC(=O)c3cc(=O)c4c(OCC(O)COc5cccc6oc(C(=O)OC7C(O)C(SC)OC(C(NC(=O)C8CC(CCC)CN8C)C(C)Cl)C7O)cc(=O)c56)cccc4o3)C2O)N(C)C1. The molecule has 0 radical (unpaired) electrons. The van der Waals surface area contributed by atoms with Crippen molar-refractivity contribution in [3.63, 3.8) is 0 Å². The molecule has 18 unspecified atom stereocenters. The van der Waals surface area contributed by atoms with Gasteiger partial charge < -0.3 is 73.4 Å². The van der Waals surface area contributed by atoms with E-state index in [9.17, 15) is 54.3 Å². The van der Waals surface area contributed by atoms with E-state index in [0.717, 1.165) is 74.4 Å². The second-order valence-corrected chi connectivity index (χ2v) is 26.0. The minimum atomic E-state index is -1.70. The van der Waals surface area contributed by atoms with Crippen LogP contribution < -0.4 is 31.0 Å². The third-order valence-corrected chi connectivity index (χ3v) is 18.6. The fraction of sp³-hybridized carbons (Fsp3) is 0.627. The van der Waals surface area contributed by atoms with E-state index in [1.54, 1.807) is 26.4 Å². The zero-order valence-corrected chi connectivity index (χ0v) is 52.2. The van der Waals surface area contributed by atoms with Crippen LogP contribution in [0.2, 0.25) is 0 Å². The number of amides is 2. The molecular formula is C59H78Cl2N4O19S2. The summed E-state index contributed by atoms with van der Waals surface area (Å²) < 4.78 is 46.9. The molecule has 27 heteroatoms. The number of hydrogen-bond acceptors (Lipinski definition) is 23. The highest BCUT2D eigenvalue weighted by atomic mass is 35.5. The van der Waals surface area contributed by atoms with Crippen LogP contribution in [0.15, 0.2) is 67.0 Å². The van der Waals surface area contributed by atoms with Gasteiger partial charge in [-0.15, -0.1) is 46.7 Å². The smallest absolute Gasteiger partial charge is 0.374 e. The monoisotopic (exact) mass is 1280 g/mol. The molecule has 0 spiro atoms. The number of likely N-dealkylation sites (tertiary alicyclic amines) is 2. The zero-order valence-electron chi connectivity index (χ0n) is 49.1. The van der Waals surface area contributed by atoms with Crippen molar-refractivity contribution in [2.45, 2.75) is 167 Å². The van der Waals surface area contributed by atoms with E-state index in [1.165, 1.54) is 36.4 Å². The topological polar surface area (TPSA) is 316 Å². The second-order valence-electron chi connectivity index (χ2n) is 22.7. The summed E-state index contributed by atoms with van der Waals surface area (Å²) in [5, 5.41) is 61.2. The zero-order chi connectivity index (χ0) is 62.4. The van der Waals surface area contributed by atoms with Crippen LogP contribution in [-0.2, 0) is 28.5 Å².